The SMILES string of the molecule is CC(C)Cc1ccc([C@@H](C)C(=O)N2CCC[C@H]([C@@H](Oc3ccc(C(F)(F)F)cc3)c3ccccc3)C2)cc1. The summed E-state index contributed by atoms with van der Waals surface area (Å²) in [6.07, 6.45) is -2.06. The van der Waals surface area contributed by atoms with Gasteiger partial charge in [-0.1, -0.05) is 68.4 Å². The largest absolute Gasteiger partial charge is 0.485 e. The van der Waals surface area contributed by atoms with Crippen LogP contribution in [0.4, 0.5) is 13.2 Å². The van der Waals surface area contributed by atoms with Gasteiger partial charge in [0.25, 0.3) is 0 Å². The van der Waals surface area contributed by atoms with E-state index in [9.17, 15) is 18.0 Å². The molecule has 0 saturated carbocycles. The van der Waals surface area contributed by atoms with Gasteiger partial charge < -0.3 is 9.64 Å². The maximum Gasteiger partial charge on any atom is 0.416 e. The fourth-order valence-corrected chi connectivity index (χ4v) is 5.24. The monoisotopic (exact) mass is 523 g/mol. The fraction of sp³-hybridized carbons (Fsp3) is 0.406. The fourth-order valence-electron chi connectivity index (χ4n) is 5.24. The molecular weight excluding hydrogens is 487 g/mol. The lowest BCUT2D eigenvalue weighted by atomic mass is 9.87. The third-order valence-electron chi connectivity index (χ3n) is 7.26. The van der Waals surface area contributed by atoms with Gasteiger partial charge in [0.1, 0.15) is 11.9 Å². The Morgan fingerprint density at radius 1 is 0.921 bits per heavy atom. The van der Waals surface area contributed by atoms with Crippen LogP contribution in [0.1, 0.15) is 67.9 Å². The molecule has 0 radical (unpaired) electrons. The number of hydrogen-bond donors (Lipinski definition) is 0. The first-order valence-electron chi connectivity index (χ1n) is 13.4. The molecule has 0 aromatic heterocycles. The van der Waals surface area contributed by atoms with Gasteiger partial charge in [-0.05, 0) is 73.1 Å². The van der Waals surface area contributed by atoms with E-state index in [2.05, 4.69) is 38.1 Å². The topological polar surface area (TPSA) is 29.5 Å². The molecule has 6 heteroatoms. The molecule has 0 bridgehead atoms. The van der Waals surface area contributed by atoms with Crippen LogP contribution in [-0.4, -0.2) is 23.9 Å². The smallest absolute Gasteiger partial charge is 0.416 e. The number of hydrogen-bond acceptors (Lipinski definition) is 2. The first kappa shape index (κ1) is 27.7. The number of ether oxygens (including phenoxy) is 1. The van der Waals surface area contributed by atoms with Crippen LogP contribution in [0.5, 0.6) is 5.75 Å². The Balaban J connectivity index is 1.50. The van der Waals surface area contributed by atoms with Gasteiger partial charge in [0.15, 0.2) is 0 Å². The zero-order valence-corrected chi connectivity index (χ0v) is 22.2. The molecule has 0 spiro atoms. The molecule has 0 aliphatic carbocycles. The van der Waals surface area contributed by atoms with Crippen molar-refractivity contribution in [3.8, 4) is 5.75 Å². The molecular formula is C32H36F3NO2. The Labute approximate surface area is 223 Å². The summed E-state index contributed by atoms with van der Waals surface area (Å²) < 4.78 is 45.4. The minimum atomic E-state index is -4.40. The molecule has 0 unspecified atom stereocenters. The predicted octanol–water partition coefficient (Wildman–Crippen LogP) is 8.07. The van der Waals surface area contributed by atoms with E-state index in [-0.39, 0.29) is 23.8 Å². The normalized spacial score (nSPS) is 17.8. The second kappa shape index (κ2) is 12.1. The zero-order valence-electron chi connectivity index (χ0n) is 22.2. The highest BCUT2D eigenvalue weighted by Gasteiger charge is 2.34. The summed E-state index contributed by atoms with van der Waals surface area (Å²) in [5.74, 6) is 0.802. The van der Waals surface area contributed by atoms with Gasteiger partial charge in [-0.15, -0.1) is 0 Å². The summed E-state index contributed by atoms with van der Waals surface area (Å²) >= 11 is 0. The van der Waals surface area contributed by atoms with Gasteiger partial charge in [-0.3, -0.25) is 4.79 Å². The lowest BCUT2D eigenvalue weighted by Gasteiger charge is -2.38. The second-order valence-corrected chi connectivity index (χ2v) is 10.7. The average Bonchev–Trinajstić information content (AvgIpc) is 2.91. The molecule has 1 amide bonds. The number of benzene rings is 3. The molecule has 1 heterocycles. The molecule has 202 valence electrons. The van der Waals surface area contributed by atoms with E-state index in [1.807, 2.05) is 42.2 Å². The first-order valence-corrected chi connectivity index (χ1v) is 13.4. The van der Waals surface area contributed by atoms with Crippen molar-refractivity contribution >= 4 is 5.91 Å². The second-order valence-electron chi connectivity index (χ2n) is 10.7. The van der Waals surface area contributed by atoms with Crippen molar-refractivity contribution in [3.63, 3.8) is 0 Å². The molecule has 1 saturated heterocycles. The van der Waals surface area contributed by atoms with Gasteiger partial charge >= 0.3 is 6.18 Å². The maximum atomic E-state index is 13.5. The van der Waals surface area contributed by atoms with E-state index in [1.54, 1.807) is 0 Å². The first-order chi connectivity index (χ1) is 18.1. The van der Waals surface area contributed by atoms with Crippen molar-refractivity contribution in [2.75, 3.05) is 13.1 Å². The van der Waals surface area contributed by atoms with Crippen molar-refractivity contribution in [3.05, 3.63) is 101 Å². The van der Waals surface area contributed by atoms with Crippen molar-refractivity contribution in [2.45, 2.75) is 58.2 Å². The molecule has 1 aliphatic heterocycles. The molecule has 1 fully saturated rings. The van der Waals surface area contributed by atoms with Crippen molar-refractivity contribution in [1.82, 2.24) is 4.90 Å². The van der Waals surface area contributed by atoms with Gasteiger partial charge in [0, 0.05) is 19.0 Å². The third kappa shape index (κ3) is 6.97. The molecule has 38 heavy (non-hydrogen) atoms. The highest BCUT2D eigenvalue weighted by atomic mass is 19.4. The van der Waals surface area contributed by atoms with Gasteiger partial charge in [0.05, 0.1) is 11.5 Å². The Hall–Kier alpha value is -3.28. The number of rotatable bonds is 8. The number of piperidine rings is 1. The van der Waals surface area contributed by atoms with Crippen LogP contribution in [0, 0.1) is 11.8 Å². The molecule has 3 atom stereocenters. The van der Waals surface area contributed by atoms with Crippen LogP contribution in [-0.2, 0) is 17.4 Å². The predicted molar refractivity (Wildman–Crippen MR) is 144 cm³/mol. The summed E-state index contributed by atoms with van der Waals surface area (Å²) in [6, 6.07) is 22.9. The number of carbonyl (C=O) groups excluding carboxylic acids is 1. The quantitative estimate of drug-likeness (QED) is 0.299. The van der Waals surface area contributed by atoms with Crippen LogP contribution < -0.4 is 4.74 Å². The number of alkyl halides is 3. The van der Waals surface area contributed by atoms with E-state index in [1.165, 1.54) is 17.7 Å². The summed E-state index contributed by atoms with van der Waals surface area (Å²) in [5, 5.41) is 0. The highest BCUT2D eigenvalue weighted by molar-refractivity contribution is 5.83. The molecule has 3 aromatic rings. The Morgan fingerprint density at radius 3 is 2.18 bits per heavy atom. The summed E-state index contributed by atoms with van der Waals surface area (Å²) in [5.41, 5.74) is 2.51. The maximum absolute atomic E-state index is 13.5. The van der Waals surface area contributed by atoms with Crippen molar-refractivity contribution in [1.29, 1.82) is 0 Å². The summed E-state index contributed by atoms with van der Waals surface area (Å²) in [4.78, 5) is 15.5. The third-order valence-corrected chi connectivity index (χ3v) is 7.26. The van der Waals surface area contributed by atoms with Gasteiger partial charge in [0.2, 0.25) is 5.91 Å². The lowest BCUT2D eigenvalue weighted by molar-refractivity contribution is -0.137. The van der Waals surface area contributed by atoms with Crippen molar-refractivity contribution < 1.29 is 22.7 Å². The Kier molecular flexibility index (Phi) is 8.80. The van der Waals surface area contributed by atoms with Gasteiger partial charge in [-0.25, -0.2) is 0 Å². The molecule has 0 N–H and O–H groups in total. The number of halogens is 3. The number of amides is 1. The van der Waals surface area contributed by atoms with E-state index < -0.39 is 11.7 Å². The van der Waals surface area contributed by atoms with E-state index in [0.29, 0.717) is 24.8 Å². The van der Waals surface area contributed by atoms with Crippen LogP contribution in [0.3, 0.4) is 0 Å². The van der Waals surface area contributed by atoms with Crippen molar-refractivity contribution in [2.24, 2.45) is 11.8 Å². The van der Waals surface area contributed by atoms with E-state index >= 15 is 0 Å². The van der Waals surface area contributed by atoms with Crippen LogP contribution >= 0.6 is 0 Å². The summed E-state index contributed by atoms with van der Waals surface area (Å²) in [7, 11) is 0. The summed E-state index contributed by atoms with van der Waals surface area (Å²) in [6.45, 7) is 7.56. The van der Waals surface area contributed by atoms with Crippen LogP contribution in [0.25, 0.3) is 0 Å². The number of carbonyl (C=O) groups is 1. The van der Waals surface area contributed by atoms with Gasteiger partial charge in [-0.2, -0.15) is 13.2 Å². The molecule has 3 nitrogen and oxygen atoms in total. The zero-order chi connectivity index (χ0) is 27.3. The molecule has 4 rings (SSSR count). The lowest BCUT2D eigenvalue weighted by Crippen LogP contribution is -2.44. The minimum absolute atomic E-state index is 0.0120. The Bertz CT molecular complexity index is 1170. The highest BCUT2D eigenvalue weighted by Crippen LogP contribution is 2.36. The van der Waals surface area contributed by atoms with Crippen LogP contribution in [0.15, 0.2) is 78.9 Å². The number of likely N-dealkylation sites (tertiary alicyclic amines) is 1. The Morgan fingerprint density at radius 2 is 1.58 bits per heavy atom. The van der Waals surface area contributed by atoms with Crippen LogP contribution in [0.2, 0.25) is 0 Å². The standard InChI is InChI=1S/C32H36F3NO2/c1-22(2)20-24-11-13-25(14-12-24)23(3)31(37)36-19-7-10-27(21-36)30(26-8-5-4-6-9-26)38-29-17-15-28(16-18-29)32(33,34)35/h4-6,8-9,11-18,22-23,27,30H,7,10,19-21H2,1-3H3/t23-,27+,30+/m1/s1. The molecule has 1 aliphatic rings. The average molecular weight is 524 g/mol. The molecule has 3 aromatic carbocycles. The van der Waals surface area contributed by atoms with E-state index in [4.69, 9.17) is 4.74 Å². The van der Waals surface area contributed by atoms with E-state index in [0.717, 1.165) is 42.5 Å². The minimum Gasteiger partial charge on any atom is -0.485 e. The number of nitrogens with zero attached hydrogens (tertiary/aromatic N) is 1.